The standard InChI is InChI=1S/C12H18N2O/c1-9(2)12(8-15)14-11-5-3-10(7-13)4-6-11/h3-6,8-9,12,14H,7,13H2,1-2H3/t12-/m1/s1. The van der Waals surface area contributed by atoms with Crippen molar-refractivity contribution in [1.29, 1.82) is 0 Å². The van der Waals surface area contributed by atoms with Gasteiger partial charge in [0.15, 0.2) is 0 Å². The number of benzene rings is 1. The van der Waals surface area contributed by atoms with Crippen LogP contribution >= 0.6 is 0 Å². The van der Waals surface area contributed by atoms with Crippen molar-refractivity contribution in [3.63, 3.8) is 0 Å². The second-order valence-electron chi connectivity index (χ2n) is 3.95. The van der Waals surface area contributed by atoms with E-state index in [2.05, 4.69) is 5.32 Å². The third kappa shape index (κ3) is 3.36. The molecule has 0 bridgehead atoms. The Morgan fingerprint density at radius 3 is 2.33 bits per heavy atom. The SMILES string of the molecule is CC(C)[C@@H](C=O)Nc1ccc(CN)cc1. The zero-order valence-electron chi connectivity index (χ0n) is 9.23. The van der Waals surface area contributed by atoms with Crippen LogP contribution in [0.3, 0.4) is 0 Å². The lowest BCUT2D eigenvalue weighted by molar-refractivity contribution is -0.109. The van der Waals surface area contributed by atoms with Crippen LogP contribution in [-0.4, -0.2) is 12.3 Å². The predicted octanol–water partition coefficient (Wildman–Crippen LogP) is 1.78. The number of hydrogen-bond donors (Lipinski definition) is 2. The number of aldehydes is 1. The minimum Gasteiger partial charge on any atom is -0.375 e. The number of nitrogens with one attached hydrogen (secondary N) is 1. The normalized spacial score (nSPS) is 12.5. The molecule has 0 amide bonds. The summed E-state index contributed by atoms with van der Waals surface area (Å²) in [5.74, 6) is 0.289. The molecule has 0 aliphatic carbocycles. The molecule has 1 atom stereocenters. The van der Waals surface area contributed by atoms with Crippen LogP contribution in [0.25, 0.3) is 0 Å². The van der Waals surface area contributed by atoms with E-state index in [1.807, 2.05) is 38.1 Å². The molecule has 0 unspecified atom stereocenters. The highest BCUT2D eigenvalue weighted by Gasteiger charge is 2.10. The highest BCUT2D eigenvalue weighted by molar-refractivity contribution is 5.64. The van der Waals surface area contributed by atoms with Crippen LogP contribution < -0.4 is 11.1 Å². The molecule has 1 aromatic rings. The van der Waals surface area contributed by atoms with Crippen molar-refractivity contribution in [2.45, 2.75) is 26.4 Å². The van der Waals surface area contributed by atoms with E-state index in [-0.39, 0.29) is 12.0 Å². The zero-order valence-corrected chi connectivity index (χ0v) is 9.23. The van der Waals surface area contributed by atoms with Gasteiger partial charge >= 0.3 is 0 Å². The summed E-state index contributed by atoms with van der Waals surface area (Å²) in [6.07, 6.45) is 0.946. The quantitative estimate of drug-likeness (QED) is 0.722. The first-order chi connectivity index (χ1) is 7.17. The maximum atomic E-state index is 10.8. The average molecular weight is 206 g/mol. The molecule has 3 N–H and O–H groups in total. The van der Waals surface area contributed by atoms with Gasteiger partial charge in [0.05, 0.1) is 6.04 Å². The molecule has 0 aliphatic rings. The van der Waals surface area contributed by atoms with Crippen LogP contribution in [0.2, 0.25) is 0 Å². The molecule has 0 saturated heterocycles. The number of anilines is 1. The Balaban J connectivity index is 2.67. The maximum absolute atomic E-state index is 10.8. The molecule has 1 aromatic carbocycles. The highest BCUT2D eigenvalue weighted by Crippen LogP contribution is 2.12. The molecular weight excluding hydrogens is 188 g/mol. The lowest BCUT2D eigenvalue weighted by atomic mass is 10.1. The van der Waals surface area contributed by atoms with Crippen molar-refractivity contribution in [2.24, 2.45) is 11.7 Å². The van der Waals surface area contributed by atoms with Gasteiger partial charge in [0, 0.05) is 12.2 Å². The number of carbonyl (C=O) groups is 1. The van der Waals surface area contributed by atoms with Gasteiger partial charge < -0.3 is 15.8 Å². The molecule has 3 heteroatoms. The highest BCUT2D eigenvalue weighted by atomic mass is 16.1. The topological polar surface area (TPSA) is 55.1 Å². The molecule has 1 rings (SSSR count). The van der Waals surface area contributed by atoms with Crippen molar-refractivity contribution in [3.8, 4) is 0 Å². The van der Waals surface area contributed by atoms with Gasteiger partial charge in [-0.15, -0.1) is 0 Å². The Labute approximate surface area is 90.7 Å². The average Bonchev–Trinajstić information content (AvgIpc) is 2.26. The Kier molecular flexibility index (Phi) is 4.31. The molecule has 0 aliphatic heterocycles. The Morgan fingerprint density at radius 1 is 1.33 bits per heavy atom. The number of hydrogen-bond acceptors (Lipinski definition) is 3. The largest absolute Gasteiger partial charge is 0.375 e. The first-order valence-corrected chi connectivity index (χ1v) is 5.18. The van der Waals surface area contributed by atoms with Gasteiger partial charge in [-0.1, -0.05) is 26.0 Å². The van der Waals surface area contributed by atoms with E-state index in [1.54, 1.807) is 0 Å². The fraction of sp³-hybridized carbons (Fsp3) is 0.417. The molecule has 0 fully saturated rings. The van der Waals surface area contributed by atoms with Crippen LogP contribution in [0.1, 0.15) is 19.4 Å². The fourth-order valence-electron chi connectivity index (χ4n) is 1.29. The van der Waals surface area contributed by atoms with E-state index in [0.29, 0.717) is 6.54 Å². The first-order valence-electron chi connectivity index (χ1n) is 5.18. The van der Waals surface area contributed by atoms with Crippen molar-refractivity contribution in [2.75, 3.05) is 5.32 Å². The summed E-state index contributed by atoms with van der Waals surface area (Å²) in [7, 11) is 0. The summed E-state index contributed by atoms with van der Waals surface area (Å²) < 4.78 is 0. The van der Waals surface area contributed by atoms with Crippen molar-refractivity contribution in [3.05, 3.63) is 29.8 Å². The Hall–Kier alpha value is -1.35. The van der Waals surface area contributed by atoms with Crippen LogP contribution in [0.5, 0.6) is 0 Å². The second-order valence-corrected chi connectivity index (χ2v) is 3.95. The summed E-state index contributed by atoms with van der Waals surface area (Å²) in [5.41, 5.74) is 7.55. The van der Waals surface area contributed by atoms with E-state index in [9.17, 15) is 4.79 Å². The molecule has 0 aromatic heterocycles. The lowest BCUT2D eigenvalue weighted by Gasteiger charge is -2.17. The summed E-state index contributed by atoms with van der Waals surface area (Å²) in [6, 6.07) is 7.69. The van der Waals surface area contributed by atoms with Gasteiger partial charge in [0.25, 0.3) is 0 Å². The van der Waals surface area contributed by atoms with Gasteiger partial charge in [0.2, 0.25) is 0 Å². The molecule has 0 heterocycles. The van der Waals surface area contributed by atoms with Gasteiger partial charge in [-0.2, -0.15) is 0 Å². The smallest absolute Gasteiger partial charge is 0.142 e. The summed E-state index contributed by atoms with van der Waals surface area (Å²) in [4.78, 5) is 10.8. The van der Waals surface area contributed by atoms with E-state index in [1.165, 1.54) is 0 Å². The van der Waals surface area contributed by atoms with E-state index in [0.717, 1.165) is 17.5 Å². The molecule has 15 heavy (non-hydrogen) atoms. The van der Waals surface area contributed by atoms with Gasteiger partial charge in [0.1, 0.15) is 6.29 Å². The fourth-order valence-corrected chi connectivity index (χ4v) is 1.29. The molecule has 0 saturated carbocycles. The summed E-state index contributed by atoms with van der Waals surface area (Å²) in [6.45, 7) is 4.57. The lowest BCUT2D eigenvalue weighted by Crippen LogP contribution is -2.26. The third-order valence-electron chi connectivity index (χ3n) is 2.39. The zero-order chi connectivity index (χ0) is 11.3. The van der Waals surface area contributed by atoms with Gasteiger partial charge in [-0.05, 0) is 23.6 Å². The second kappa shape index (κ2) is 5.51. The number of nitrogens with two attached hydrogens (primary N) is 1. The Bertz CT molecular complexity index is 306. The summed E-state index contributed by atoms with van der Waals surface area (Å²) >= 11 is 0. The number of carbonyl (C=O) groups excluding carboxylic acids is 1. The monoisotopic (exact) mass is 206 g/mol. The molecule has 0 spiro atoms. The van der Waals surface area contributed by atoms with Crippen molar-refractivity contribution < 1.29 is 4.79 Å². The first kappa shape index (κ1) is 11.7. The third-order valence-corrected chi connectivity index (χ3v) is 2.39. The van der Waals surface area contributed by atoms with Crippen LogP contribution in [0, 0.1) is 5.92 Å². The van der Waals surface area contributed by atoms with Gasteiger partial charge in [-0.25, -0.2) is 0 Å². The summed E-state index contributed by atoms with van der Waals surface area (Å²) in [5, 5.41) is 3.17. The maximum Gasteiger partial charge on any atom is 0.142 e. The van der Waals surface area contributed by atoms with E-state index >= 15 is 0 Å². The van der Waals surface area contributed by atoms with E-state index < -0.39 is 0 Å². The minimum absolute atomic E-state index is 0.131. The van der Waals surface area contributed by atoms with Crippen LogP contribution in [0.15, 0.2) is 24.3 Å². The molecule has 0 radical (unpaired) electrons. The van der Waals surface area contributed by atoms with Gasteiger partial charge in [-0.3, -0.25) is 0 Å². The van der Waals surface area contributed by atoms with Crippen molar-refractivity contribution >= 4 is 12.0 Å². The molecule has 3 nitrogen and oxygen atoms in total. The van der Waals surface area contributed by atoms with Crippen LogP contribution in [-0.2, 0) is 11.3 Å². The van der Waals surface area contributed by atoms with Crippen LogP contribution in [0.4, 0.5) is 5.69 Å². The molecular formula is C12H18N2O. The minimum atomic E-state index is -0.131. The number of rotatable bonds is 5. The Morgan fingerprint density at radius 2 is 1.93 bits per heavy atom. The predicted molar refractivity (Wildman–Crippen MR) is 62.6 cm³/mol. The molecule has 82 valence electrons. The van der Waals surface area contributed by atoms with Crippen molar-refractivity contribution in [1.82, 2.24) is 0 Å². The van der Waals surface area contributed by atoms with E-state index in [4.69, 9.17) is 5.73 Å².